The molecule has 1 fully saturated rings. The van der Waals surface area contributed by atoms with Gasteiger partial charge in [-0.15, -0.1) is 0 Å². The molecule has 0 saturated carbocycles. The Hall–Kier alpha value is -1.30. The van der Waals surface area contributed by atoms with Crippen LogP contribution in [0, 0.1) is 3.57 Å². The first-order valence-corrected chi connectivity index (χ1v) is 12.3. The molecule has 1 unspecified atom stereocenters. The lowest BCUT2D eigenvalue weighted by Gasteiger charge is -2.31. The van der Waals surface area contributed by atoms with Crippen LogP contribution in [-0.2, 0) is 10.0 Å². The molecular formula is C19H21IN2O4S2. The van der Waals surface area contributed by atoms with Crippen LogP contribution in [0.1, 0.15) is 17.3 Å². The minimum absolute atomic E-state index is 0.0377. The van der Waals surface area contributed by atoms with Crippen molar-refractivity contribution in [2.75, 3.05) is 30.5 Å². The molecule has 0 radical (unpaired) electrons. The quantitative estimate of drug-likeness (QED) is 0.595. The molecule has 150 valence electrons. The van der Waals surface area contributed by atoms with Gasteiger partial charge in [-0.25, -0.2) is 8.42 Å². The van der Waals surface area contributed by atoms with Crippen molar-refractivity contribution in [2.24, 2.45) is 0 Å². The van der Waals surface area contributed by atoms with Gasteiger partial charge in [-0.2, -0.15) is 16.1 Å². The molecule has 2 aromatic carbocycles. The van der Waals surface area contributed by atoms with Gasteiger partial charge in [-0.1, -0.05) is 0 Å². The zero-order valence-corrected chi connectivity index (χ0v) is 19.3. The van der Waals surface area contributed by atoms with E-state index in [1.54, 1.807) is 43.1 Å². The summed E-state index contributed by atoms with van der Waals surface area (Å²) in [7, 11) is -1.96. The topological polar surface area (TPSA) is 75.7 Å². The Morgan fingerprint density at radius 2 is 1.96 bits per heavy atom. The Balaban J connectivity index is 1.74. The number of halogens is 1. The molecule has 28 heavy (non-hydrogen) atoms. The Labute approximate surface area is 183 Å². The van der Waals surface area contributed by atoms with Gasteiger partial charge in [0.05, 0.1) is 15.6 Å². The predicted octanol–water partition coefficient (Wildman–Crippen LogP) is 3.68. The van der Waals surface area contributed by atoms with Crippen LogP contribution < -0.4 is 10.1 Å². The van der Waals surface area contributed by atoms with Crippen LogP contribution >= 0.6 is 34.4 Å². The number of nitrogens with one attached hydrogen (secondary N) is 1. The van der Waals surface area contributed by atoms with Crippen molar-refractivity contribution in [1.29, 1.82) is 0 Å². The number of hydrogen-bond acceptors (Lipinski definition) is 5. The van der Waals surface area contributed by atoms with Gasteiger partial charge in [0.15, 0.2) is 0 Å². The summed E-state index contributed by atoms with van der Waals surface area (Å²) >= 11 is 3.90. The van der Waals surface area contributed by atoms with Crippen molar-refractivity contribution in [3.8, 4) is 5.75 Å². The molecule has 9 heteroatoms. The molecular weight excluding hydrogens is 511 g/mol. The molecule has 1 N–H and O–H groups in total. The molecule has 6 nitrogen and oxygen atoms in total. The molecule has 2 aromatic rings. The summed E-state index contributed by atoms with van der Waals surface area (Å²) in [5.74, 6) is 2.02. The molecule has 1 aliphatic heterocycles. The summed E-state index contributed by atoms with van der Waals surface area (Å²) in [6, 6.07) is 11.4. The maximum atomic E-state index is 12.9. The Morgan fingerprint density at radius 1 is 1.25 bits per heavy atom. The highest BCUT2D eigenvalue weighted by Crippen LogP contribution is 2.26. The molecule has 1 atom stereocenters. The average molecular weight is 532 g/mol. The third kappa shape index (κ3) is 4.64. The predicted molar refractivity (Wildman–Crippen MR) is 121 cm³/mol. The van der Waals surface area contributed by atoms with E-state index < -0.39 is 10.0 Å². The lowest BCUT2D eigenvalue weighted by molar-refractivity contribution is 0.102. The summed E-state index contributed by atoms with van der Waals surface area (Å²) in [6.45, 7) is 2.42. The Bertz CT molecular complexity index is 964. The number of amides is 1. The number of anilines is 1. The van der Waals surface area contributed by atoms with E-state index in [0.717, 1.165) is 20.8 Å². The van der Waals surface area contributed by atoms with Gasteiger partial charge in [0, 0.05) is 35.3 Å². The fraction of sp³-hybridized carbons (Fsp3) is 0.316. The van der Waals surface area contributed by atoms with Crippen LogP contribution in [0.15, 0.2) is 47.4 Å². The molecule has 1 aliphatic rings. The van der Waals surface area contributed by atoms with Crippen molar-refractivity contribution in [3.05, 3.63) is 51.6 Å². The third-order valence-corrected chi connectivity index (χ3v) is 8.50. The summed E-state index contributed by atoms with van der Waals surface area (Å²) in [5, 5.41) is 2.82. The van der Waals surface area contributed by atoms with Crippen molar-refractivity contribution < 1.29 is 17.9 Å². The number of nitrogens with zero attached hydrogens (tertiary/aromatic N) is 1. The second-order valence-electron chi connectivity index (χ2n) is 6.37. The lowest BCUT2D eigenvalue weighted by Crippen LogP contribution is -2.44. The normalized spacial score (nSPS) is 17.9. The van der Waals surface area contributed by atoms with Crippen LogP contribution in [0.25, 0.3) is 0 Å². The zero-order valence-electron chi connectivity index (χ0n) is 15.5. The summed E-state index contributed by atoms with van der Waals surface area (Å²) in [6.07, 6.45) is 0. The minimum atomic E-state index is -3.55. The van der Waals surface area contributed by atoms with Gasteiger partial charge in [0.2, 0.25) is 10.0 Å². The van der Waals surface area contributed by atoms with Crippen molar-refractivity contribution in [3.63, 3.8) is 0 Å². The molecule has 1 heterocycles. The second kappa shape index (κ2) is 9.02. The summed E-state index contributed by atoms with van der Waals surface area (Å²) in [4.78, 5) is 12.7. The number of carbonyl (C=O) groups is 1. The SMILES string of the molecule is COc1ccc(NC(=O)c2ccc(S(=O)(=O)N3CCSCC3C)cc2)cc1I. The first kappa shape index (κ1) is 21.4. The van der Waals surface area contributed by atoms with Crippen LogP contribution in [0.4, 0.5) is 5.69 Å². The number of rotatable bonds is 5. The Morgan fingerprint density at radius 3 is 2.57 bits per heavy atom. The average Bonchev–Trinajstić information content (AvgIpc) is 2.68. The molecule has 1 saturated heterocycles. The number of carbonyl (C=O) groups excluding carboxylic acids is 1. The molecule has 0 aliphatic carbocycles. The second-order valence-corrected chi connectivity index (χ2v) is 10.6. The first-order valence-electron chi connectivity index (χ1n) is 8.67. The van der Waals surface area contributed by atoms with Gasteiger partial charge in [0.1, 0.15) is 5.75 Å². The highest BCUT2D eigenvalue weighted by atomic mass is 127. The van der Waals surface area contributed by atoms with Gasteiger partial charge in [-0.3, -0.25) is 4.79 Å². The maximum Gasteiger partial charge on any atom is 0.255 e. The molecule has 0 bridgehead atoms. The molecule has 3 rings (SSSR count). The highest BCUT2D eigenvalue weighted by molar-refractivity contribution is 14.1. The number of benzene rings is 2. The standard InChI is InChI=1S/C19H21IN2O4S2/c1-13-12-27-10-9-22(13)28(24,25)16-6-3-14(4-7-16)19(23)21-15-5-8-18(26-2)17(20)11-15/h3-8,11,13H,9-10,12H2,1-2H3,(H,21,23). The largest absolute Gasteiger partial charge is 0.496 e. The molecule has 0 aromatic heterocycles. The van der Waals surface area contributed by atoms with Crippen molar-refractivity contribution in [1.82, 2.24) is 4.31 Å². The van der Waals surface area contributed by atoms with Crippen LogP contribution in [0.5, 0.6) is 5.75 Å². The third-order valence-electron chi connectivity index (χ3n) is 4.44. The van der Waals surface area contributed by atoms with Gasteiger partial charge < -0.3 is 10.1 Å². The monoisotopic (exact) mass is 532 g/mol. The maximum absolute atomic E-state index is 12.9. The van der Waals surface area contributed by atoms with Gasteiger partial charge in [0.25, 0.3) is 5.91 Å². The van der Waals surface area contributed by atoms with Gasteiger partial charge in [-0.05, 0) is 72.0 Å². The smallest absolute Gasteiger partial charge is 0.255 e. The van der Waals surface area contributed by atoms with E-state index in [0.29, 0.717) is 17.8 Å². The van der Waals surface area contributed by atoms with E-state index in [1.807, 2.05) is 13.0 Å². The van der Waals surface area contributed by atoms with E-state index in [2.05, 4.69) is 27.9 Å². The number of sulfonamides is 1. The number of thioether (sulfide) groups is 1. The number of hydrogen-bond donors (Lipinski definition) is 1. The zero-order chi connectivity index (χ0) is 20.3. The van der Waals surface area contributed by atoms with Crippen LogP contribution in [-0.4, -0.2) is 49.8 Å². The van der Waals surface area contributed by atoms with Crippen molar-refractivity contribution >= 4 is 56.0 Å². The number of ether oxygens (including phenoxy) is 1. The highest BCUT2D eigenvalue weighted by Gasteiger charge is 2.31. The minimum Gasteiger partial charge on any atom is -0.496 e. The van der Waals surface area contributed by atoms with E-state index in [1.165, 1.54) is 16.4 Å². The molecule has 0 spiro atoms. The van der Waals surface area contributed by atoms with Crippen LogP contribution in [0.3, 0.4) is 0 Å². The van der Waals surface area contributed by atoms with E-state index in [9.17, 15) is 13.2 Å². The van der Waals surface area contributed by atoms with E-state index >= 15 is 0 Å². The first-order chi connectivity index (χ1) is 13.3. The fourth-order valence-corrected chi connectivity index (χ4v) is 6.52. The van der Waals surface area contributed by atoms with Gasteiger partial charge >= 0.3 is 0 Å². The molecule has 1 amide bonds. The van der Waals surface area contributed by atoms with Crippen molar-refractivity contribution in [2.45, 2.75) is 17.9 Å². The van der Waals surface area contributed by atoms with E-state index in [4.69, 9.17) is 4.74 Å². The Kier molecular flexibility index (Phi) is 6.89. The van der Waals surface area contributed by atoms with E-state index in [-0.39, 0.29) is 16.8 Å². The summed E-state index contributed by atoms with van der Waals surface area (Å²) < 4.78 is 33.4. The van der Waals surface area contributed by atoms with Crippen LogP contribution in [0.2, 0.25) is 0 Å². The number of methoxy groups -OCH3 is 1. The summed E-state index contributed by atoms with van der Waals surface area (Å²) in [5.41, 5.74) is 1.04. The fourth-order valence-electron chi connectivity index (χ4n) is 2.93. The lowest BCUT2D eigenvalue weighted by atomic mass is 10.2.